The average Bonchev–Trinajstić information content (AvgIpc) is 2.62. The summed E-state index contributed by atoms with van der Waals surface area (Å²) in [6, 6.07) is 5.85. The fourth-order valence-electron chi connectivity index (χ4n) is 2.10. The van der Waals surface area contributed by atoms with Crippen LogP contribution in [-0.4, -0.2) is 14.8 Å². The number of ether oxygens (including phenoxy) is 1. The van der Waals surface area contributed by atoms with Gasteiger partial charge in [-0.3, -0.25) is 4.79 Å². The summed E-state index contributed by atoms with van der Waals surface area (Å²) in [5.41, 5.74) is -1.41. The maximum absolute atomic E-state index is 13.6. The van der Waals surface area contributed by atoms with Gasteiger partial charge in [0.25, 0.3) is 5.56 Å². The number of benzene rings is 1. The standard InChI is InChI=1S/C17H10ClF4N3O2/c1-9-2-4-11(6-12(9)19)27-13-8-24-25(16(26)15(13)18)14-5-3-10(7-23-14)17(20,21)22/h2-8H,1H3. The Bertz CT molecular complexity index is 1050. The molecule has 5 nitrogen and oxygen atoms in total. The van der Waals surface area contributed by atoms with Crippen LogP contribution in [0.5, 0.6) is 11.5 Å². The Hall–Kier alpha value is -2.94. The quantitative estimate of drug-likeness (QED) is 0.607. The maximum Gasteiger partial charge on any atom is 0.417 e. The van der Waals surface area contributed by atoms with Gasteiger partial charge in [0.05, 0.1) is 11.8 Å². The molecular weight excluding hydrogens is 390 g/mol. The lowest BCUT2D eigenvalue weighted by Crippen LogP contribution is -2.23. The van der Waals surface area contributed by atoms with Gasteiger partial charge in [-0.2, -0.15) is 23.0 Å². The molecule has 0 aliphatic rings. The number of nitrogens with zero attached hydrogens (tertiary/aromatic N) is 3. The van der Waals surface area contributed by atoms with Crippen LogP contribution in [0, 0.1) is 12.7 Å². The lowest BCUT2D eigenvalue weighted by molar-refractivity contribution is -0.137. The third kappa shape index (κ3) is 3.92. The first-order chi connectivity index (χ1) is 12.7. The molecule has 0 atom stereocenters. The predicted octanol–water partition coefficient (Wildman–Crippen LogP) is 4.54. The van der Waals surface area contributed by atoms with Crippen molar-refractivity contribution in [3.8, 4) is 17.3 Å². The summed E-state index contributed by atoms with van der Waals surface area (Å²) in [5, 5.41) is 3.41. The molecule has 0 aliphatic heterocycles. The van der Waals surface area contributed by atoms with E-state index in [4.69, 9.17) is 16.3 Å². The fourth-order valence-corrected chi connectivity index (χ4v) is 2.26. The van der Waals surface area contributed by atoms with E-state index in [0.29, 0.717) is 11.8 Å². The molecule has 27 heavy (non-hydrogen) atoms. The van der Waals surface area contributed by atoms with E-state index in [-0.39, 0.29) is 22.3 Å². The van der Waals surface area contributed by atoms with Crippen molar-refractivity contribution in [3.63, 3.8) is 0 Å². The first-order valence-electron chi connectivity index (χ1n) is 7.42. The van der Waals surface area contributed by atoms with Crippen molar-refractivity contribution in [1.82, 2.24) is 14.8 Å². The van der Waals surface area contributed by atoms with E-state index >= 15 is 0 Å². The highest BCUT2D eigenvalue weighted by Gasteiger charge is 2.30. The van der Waals surface area contributed by atoms with Crippen molar-refractivity contribution in [3.05, 3.63) is 75.0 Å². The number of rotatable bonds is 3. The topological polar surface area (TPSA) is 57.0 Å². The third-order valence-corrected chi connectivity index (χ3v) is 3.90. The van der Waals surface area contributed by atoms with Crippen LogP contribution < -0.4 is 10.3 Å². The molecule has 0 radical (unpaired) electrons. The molecule has 2 heterocycles. The Morgan fingerprint density at radius 2 is 1.89 bits per heavy atom. The zero-order valence-corrected chi connectivity index (χ0v) is 14.3. The van der Waals surface area contributed by atoms with Gasteiger partial charge >= 0.3 is 6.18 Å². The van der Waals surface area contributed by atoms with Gasteiger partial charge in [-0.15, -0.1) is 0 Å². The van der Waals surface area contributed by atoms with Crippen molar-refractivity contribution in [2.24, 2.45) is 0 Å². The monoisotopic (exact) mass is 399 g/mol. The second-order valence-electron chi connectivity index (χ2n) is 5.46. The van der Waals surface area contributed by atoms with Gasteiger partial charge in [-0.1, -0.05) is 17.7 Å². The zero-order valence-electron chi connectivity index (χ0n) is 13.6. The Kier molecular flexibility index (Phi) is 4.88. The number of aromatic nitrogens is 3. The Labute approximate surface area is 154 Å². The number of aryl methyl sites for hydroxylation is 1. The third-order valence-electron chi connectivity index (χ3n) is 3.55. The van der Waals surface area contributed by atoms with Crippen LogP contribution in [0.25, 0.3) is 5.82 Å². The van der Waals surface area contributed by atoms with E-state index in [1.54, 1.807) is 6.92 Å². The van der Waals surface area contributed by atoms with Crippen LogP contribution in [0.1, 0.15) is 11.1 Å². The smallest absolute Gasteiger partial charge is 0.417 e. The van der Waals surface area contributed by atoms with E-state index in [2.05, 4.69) is 10.1 Å². The van der Waals surface area contributed by atoms with E-state index < -0.39 is 23.1 Å². The van der Waals surface area contributed by atoms with Gasteiger partial charge in [0.1, 0.15) is 11.6 Å². The van der Waals surface area contributed by atoms with Crippen LogP contribution in [0.15, 0.2) is 47.5 Å². The summed E-state index contributed by atoms with van der Waals surface area (Å²) >= 11 is 5.97. The average molecular weight is 400 g/mol. The van der Waals surface area contributed by atoms with E-state index in [0.717, 1.165) is 29.1 Å². The van der Waals surface area contributed by atoms with Gasteiger partial charge in [0.15, 0.2) is 16.6 Å². The fraction of sp³-hybridized carbons (Fsp3) is 0.118. The Morgan fingerprint density at radius 3 is 2.48 bits per heavy atom. The van der Waals surface area contributed by atoms with Crippen LogP contribution in [0.2, 0.25) is 5.02 Å². The van der Waals surface area contributed by atoms with E-state index in [1.807, 2.05) is 0 Å². The Balaban J connectivity index is 1.93. The molecule has 140 valence electrons. The van der Waals surface area contributed by atoms with Crippen molar-refractivity contribution in [2.75, 3.05) is 0 Å². The largest absolute Gasteiger partial charge is 0.454 e. The highest BCUT2D eigenvalue weighted by Crippen LogP contribution is 2.29. The van der Waals surface area contributed by atoms with Crippen molar-refractivity contribution in [2.45, 2.75) is 13.1 Å². The summed E-state index contributed by atoms with van der Waals surface area (Å²) in [6.07, 6.45) is -2.89. The molecule has 2 aromatic heterocycles. The minimum Gasteiger partial charge on any atom is -0.454 e. The van der Waals surface area contributed by atoms with Crippen LogP contribution in [0.4, 0.5) is 17.6 Å². The predicted molar refractivity (Wildman–Crippen MR) is 88.9 cm³/mol. The second-order valence-corrected chi connectivity index (χ2v) is 5.83. The number of hydrogen-bond donors (Lipinski definition) is 0. The molecule has 10 heteroatoms. The van der Waals surface area contributed by atoms with Crippen LogP contribution >= 0.6 is 11.6 Å². The van der Waals surface area contributed by atoms with Crippen molar-refractivity contribution in [1.29, 1.82) is 0 Å². The number of alkyl halides is 3. The van der Waals surface area contributed by atoms with E-state index in [1.165, 1.54) is 12.1 Å². The molecule has 0 unspecified atom stereocenters. The van der Waals surface area contributed by atoms with Gasteiger partial charge in [-0.05, 0) is 30.7 Å². The molecule has 3 aromatic rings. The number of halogens is 5. The SMILES string of the molecule is Cc1ccc(Oc2cnn(-c3ccc(C(F)(F)F)cn3)c(=O)c2Cl)cc1F. The Morgan fingerprint density at radius 1 is 1.15 bits per heavy atom. The molecule has 3 rings (SSSR count). The summed E-state index contributed by atoms with van der Waals surface area (Å²) in [4.78, 5) is 15.9. The highest BCUT2D eigenvalue weighted by molar-refractivity contribution is 6.31. The maximum atomic E-state index is 13.6. The summed E-state index contributed by atoms with van der Waals surface area (Å²) in [7, 11) is 0. The van der Waals surface area contributed by atoms with Crippen LogP contribution in [-0.2, 0) is 6.18 Å². The normalized spacial score (nSPS) is 11.5. The van der Waals surface area contributed by atoms with Crippen LogP contribution in [0.3, 0.4) is 0 Å². The first-order valence-corrected chi connectivity index (χ1v) is 7.80. The molecule has 0 spiro atoms. The van der Waals surface area contributed by atoms with Gasteiger partial charge in [-0.25, -0.2) is 9.37 Å². The molecular formula is C17H10ClF4N3O2. The summed E-state index contributed by atoms with van der Waals surface area (Å²) < 4.78 is 57.4. The molecule has 0 bridgehead atoms. The highest BCUT2D eigenvalue weighted by atomic mass is 35.5. The summed E-state index contributed by atoms with van der Waals surface area (Å²) in [6.45, 7) is 1.58. The first kappa shape index (κ1) is 18.8. The number of pyridine rings is 1. The molecule has 0 fully saturated rings. The molecule has 0 saturated carbocycles. The molecule has 0 N–H and O–H groups in total. The molecule has 0 aliphatic carbocycles. The minimum absolute atomic E-state index is 0.103. The minimum atomic E-state index is -4.55. The lowest BCUT2D eigenvalue weighted by Gasteiger charge is -2.10. The van der Waals surface area contributed by atoms with E-state index in [9.17, 15) is 22.4 Å². The van der Waals surface area contributed by atoms with Crippen molar-refractivity contribution >= 4 is 11.6 Å². The molecule has 1 aromatic carbocycles. The zero-order chi connectivity index (χ0) is 19.8. The van der Waals surface area contributed by atoms with Crippen molar-refractivity contribution < 1.29 is 22.3 Å². The second kappa shape index (κ2) is 6.99. The molecule has 0 amide bonds. The summed E-state index contributed by atoms with van der Waals surface area (Å²) in [5.74, 6) is -0.679. The van der Waals surface area contributed by atoms with Gasteiger partial charge < -0.3 is 4.74 Å². The molecule has 0 saturated heterocycles. The lowest BCUT2D eigenvalue weighted by atomic mass is 10.2. The van der Waals surface area contributed by atoms with Gasteiger partial charge in [0.2, 0.25) is 0 Å². The number of hydrogen-bond acceptors (Lipinski definition) is 4. The van der Waals surface area contributed by atoms with Gasteiger partial charge in [0, 0.05) is 12.3 Å².